The number of nitrogens with zero attached hydrogens (tertiary/aromatic N) is 3. The summed E-state index contributed by atoms with van der Waals surface area (Å²) in [7, 11) is -3.70. The van der Waals surface area contributed by atoms with Crippen molar-refractivity contribution in [3.05, 3.63) is 47.7 Å². The molecule has 1 aromatic carbocycles. The van der Waals surface area contributed by atoms with Crippen molar-refractivity contribution < 1.29 is 13.5 Å². The van der Waals surface area contributed by atoms with Crippen LogP contribution in [0.15, 0.2) is 41.3 Å². The van der Waals surface area contributed by atoms with Crippen molar-refractivity contribution in [3.63, 3.8) is 0 Å². The van der Waals surface area contributed by atoms with Crippen LogP contribution < -0.4 is 9.62 Å². The summed E-state index contributed by atoms with van der Waals surface area (Å²) in [6.45, 7) is 6.59. The lowest BCUT2D eigenvalue weighted by atomic mass is 10.0. The van der Waals surface area contributed by atoms with Crippen LogP contribution in [0.3, 0.4) is 0 Å². The van der Waals surface area contributed by atoms with Crippen LogP contribution in [0, 0.1) is 6.92 Å². The highest BCUT2D eigenvalue weighted by Gasteiger charge is 2.35. The molecule has 2 heterocycles. The van der Waals surface area contributed by atoms with Gasteiger partial charge in [0.05, 0.1) is 22.7 Å². The highest BCUT2D eigenvalue weighted by atomic mass is 32.2. The van der Waals surface area contributed by atoms with E-state index in [1.165, 1.54) is 0 Å². The maximum atomic E-state index is 12.6. The molecule has 0 aliphatic carbocycles. The number of aromatic nitrogens is 2. The summed E-state index contributed by atoms with van der Waals surface area (Å²) < 4.78 is 27.9. The summed E-state index contributed by atoms with van der Waals surface area (Å²) in [5.74, 6) is 0.957. The number of hydrogen-bond acceptors (Lipinski definition) is 6. The molecule has 140 valence electrons. The van der Waals surface area contributed by atoms with E-state index in [1.54, 1.807) is 12.1 Å². The second-order valence-electron chi connectivity index (χ2n) is 6.96. The summed E-state index contributed by atoms with van der Waals surface area (Å²) in [5.41, 5.74) is 1.88. The van der Waals surface area contributed by atoms with Crippen LogP contribution in [-0.2, 0) is 10.0 Å². The molecule has 0 spiro atoms. The Balaban J connectivity index is 1.72. The Morgan fingerprint density at radius 1 is 1.12 bits per heavy atom. The predicted octanol–water partition coefficient (Wildman–Crippen LogP) is 1.44. The van der Waals surface area contributed by atoms with E-state index in [4.69, 9.17) is 0 Å². The number of benzene rings is 1. The van der Waals surface area contributed by atoms with Gasteiger partial charge < -0.3 is 10.0 Å². The maximum Gasteiger partial charge on any atom is 0.240 e. The monoisotopic (exact) mass is 376 g/mol. The van der Waals surface area contributed by atoms with E-state index >= 15 is 0 Å². The number of nitrogens with one attached hydrogen (secondary N) is 1. The van der Waals surface area contributed by atoms with Crippen molar-refractivity contribution >= 4 is 15.8 Å². The molecule has 1 aliphatic rings. The van der Waals surface area contributed by atoms with Crippen LogP contribution in [0.2, 0.25) is 0 Å². The molecular weight excluding hydrogens is 352 g/mol. The molecule has 2 N–H and O–H groups in total. The van der Waals surface area contributed by atoms with Gasteiger partial charge in [-0.1, -0.05) is 26.0 Å². The molecule has 8 heteroatoms. The van der Waals surface area contributed by atoms with Crippen LogP contribution in [0.1, 0.15) is 31.0 Å². The number of aryl methyl sites for hydroxylation is 1. The summed E-state index contributed by atoms with van der Waals surface area (Å²) >= 11 is 0. The predicted molar refractivity (Wildman–Crippen MR) is 99.6 cm³/mol. The Morgan fingerprint density at radius 3 is 2.38 bits per heavy atom. The average Bonchev–Trinajstić information content (AvgIpc) is 2.95. The number of aliphatic hydroxyl groups is 1. The lowest BCUT2D eigenvalue weighted by Crippen LogP contribution is -2.42. The van der Waals surface area contributed by atoms with E-state index in [0.717, 1.165) is 11.3 Å². The standard InChI is InChI=1S/C18H24N4O3S/c1-12(2)14-5-7-15(8-6-14)26(24,25)21-16-10-22(11-17(16)23)18-9-4-13(3)19-20-18/h4-9,12,16-17,21,23H,10-11H2,1-3H3/t16-,17+/m0/s1. The summed E-state index contributed by atoms with van der Waals surface area (Å²) in [6.07, 6.45) is -0.817. The minimum Gasteiger partial charge on any atom is -0.390 e. The molecule has 0 unspecified atom stereocenters. The van der Waals surface area contributed by atoms with Gasteiger partial charge in [0.1, 0.15) is 0 Å². The number of anilines is 1. The molecule has 0 amide bonds. The second-order valence-corrected chi connectivity index (χ2v) is 8.67. The molecule has 2 atom stereocenters. The van der Waals surface area contributed by atoms with Crippen molar-refractivity contribution in [2.45, 2.75) is 43.7 Å². The second kappa shape index (κ2) is 7.30. The summed E-state index contributed by atoms with van der Waals surface area (Å²) in [5, 5.41) is 18.4. The van der Waals surface area contributed by atoms with Crippen molar-refractivity contribution in [1.29, 1.82) is 0 Å². The molecule has 1 aromatic heterocycles. The Hall–Kier alpha value is -2.03. The smallest absolute Gasteiger partial charge is 0.240 e. The van der Waals surface area contributed by atoms with Gasteiger partial charge in [-0.2, -0.15) is 5.10 Å². The van der Waals surface area contributed by atoms with Crippen LogP contribution in [0.5, 0.6) is 0 Å². The first-order valence-corrected chi connectivity index (χ1v) is 10.1. The zero-order chi connectivity index (χ0) is 18.9. The van der Waals surface area contributed by atoms with Gasteiger partial charge in [-0.3, -0.25) is 0 Å². The van der Waals surface area contributed by atoms with Crippen LogP contribution in [0.25, 0.3) is 0 Å². The third-order valence-corrected chi connectivity index (χ3v) is 6.07. The SMILES string of the molecule is Cc1ccc(N2C[C@@H](O)[C@@H](NS(=O)(=O)c3ccc(C(C)C)cc3)C2)nn1. The third-order valence-electron chi connectivity index (χ3n) is 4.56. The van der Waals surface area contributed by atoms with Crippen molar-refractivity contribution in [3.8, 4) is 0 Å². The fourth-order valence-corrected chi connectivity index (χ4v) is 4.21. The zero-order valence-corrected chi connectivity index (χ0v) is 15.9. The van der Waals surface area contributed by atoms with E-state index in [2.05, 4.69) is 28.8 Å². The van der Waals surface area contributed by atoms with Gasteiger partial charge in [0.15, 0.2) is 5.82 Å². The molecule has 1 fully saturated rings. The summed E-state index contributed by atoms with van der Waals surface area (Å²) in [4.78, 5) is 2.02. The minimum absolute atomic E-state index is 0.197. The van der Waals surface area contributed by atoms with Gasteiger partial charge >= 0.3 is 0 Å². The van der Waals surface area contributed by atoms with Gasteiger partial charge in [-0.05, 0) is 42.7 Å². The molecule has 0 bridgehead atoms. The van der Waals surface area contributed by atoms with Gasteiger partial charge in [-0.25, -0.2) is 13.1 Å². The van der Waals surface area contributed by atoms with Gasteiger partial charge in [0.25, 0.3) is 0 Å². The Bertz CT molecular complexity index is 851. The normalized spacial score (nSPS) is 20.7. The van der Waals surface area contributed by atoms with Gasteiger partial charge in [-0.15, -0.1) is 5.10 Å². The molecular formula is C18H24N4O3S. The van der Waals surface area contributed by atoms with E-state index in [9.17, 15) is 13.5 Å². The van der Waals surface area contributed by atoms with E-state index in [1.807, 2.05) is 36.1 Å². The van der Waals surface area contributed by atoms with Crippen molar-refractivity contribution in [2.75, 3.05) is 18.0 Å². The quantitative estimate of drug-likeness (QED) is 0.820. The van der Waals surface area contributed by atoms with Gasteiger partial charge in [0, 0.05) is 13.1 Å². The Morgan fingerprint density at radius 2 is 1.81 bits per heavy atom. The molecule has 1 saturated heterocycles. The Kier molecular flexibility index (Phi) is 5.27. The molecule has 0 radical (unpaired) electrons. The first kappa shape index (κ1) is 18.8. The highest BCUT2D eigenvalue weighted by Crippen LogP contribution is 2.21. The first-order chi connectivity index (χ1) is 12.3. The van der Waals surface area contributed by atoms with Crippen LogP contribution in [-0.4, -0.2) is 49.0 Å². The number of hydrogen-bond donors (Lipinski definition) is 2. The van der Waals surface area contributed by atoms with Crippen molar-refractivity contribution in [2.24, 2.45) is 0 Å². The first-order valence-electron chi connectivity index (χ1n) is 8.62. The van der Waals surface area contributed by atoms with E-state index < -0.39 is 22.2 Å². The topological polar surface area (TPSA) is 95.4 Å². The molecule has 0 saturated carbocycles. The number of sulfonamides is 1. The van der Waals surface area contributed by atoms with E-state index in [-0.39, 0.29) is 4.90 Å². The molecule has 7 nitrogen and oxygen atoms in total. The zero-order valence-electron chi connectivity index (χ0n) is 15.1. The molecule has 26 heavy (non-hydrogen) atoms. The largest absolute Gasteiger partial charge is 0.390 e. The average molecular weight is 376 g/mol. The maximum absolute atomic E-state index is 12.6. The lowest BCUT2D eigenvalue weighted by Gasteiger charge is -2.17. The molecule has 3 rings (SSSR count). The van der Waals surface area contributed by atoms with Crippen LogP contribution >= 0.6 is 0 Å². The highest BCUT2D eigenvalue weighted by molar-refractivity contribution is 7.89. The Labute approximate surface area is 154 Å². The fraction of sp³-hybridized carbons (Fsp3) is 0.444. The minimum atomic E-state index is -3.70. The van der Waals surface area contributed by atoms with Crippen LogP contribution in [0.4, 0.5) is 5.82 Å². The number of aliphatic hydroxyl groups excluding tert-OH is 1. The summed E-state index contributed by atoms with van der Waals surface area (Å²) in [6, 6.07) is 9.88. The van der Waals surface area contributed by atoms with Crippen molar-refractivity contribution in [1.82, 2.24) is 14.9 Å². The van der Waals surface area contributed by atoms with Gasteiger partial charge in [0.2, 0.25) is 10.0 Å². The number of β-amino-alcohol motifs (C(OH)–C–C–N with tert-alkyl or cyclic N) is 1. The van der Waals surface area contributed by atoms with E-state index in [0.29, 0.717) is 24.8 Å². The third kappa shape index (κ3) is 4.03. The lowest BCUT2D eigenvalue weighted by molar-refractivity contribution is 0.174. The molecule has 1 aliphatic heterocycles. The number of rotatable bonds is 5. The fourth-order valence-electron chi connectivity index (χ4n) is 2.95. The molecule has 2 aromatic rings.